The summed E-state index contributed by atoms with van der Waals surface area (Å²) in [4.78, 5) is 15.2. The minimum atomic E-state index is 0.191. The third-order valence-electron chi connectivity index (χ3n) is 5.92. The summed E-state index contributed by atoms with van der Waals surface area (Å²) in [6.07, 6.45) is 4.38. The lowest BCUT2D eigenvalue weighted by molar-refractivity contribution is -0.131. The lowest BCUT2D eigenvalue weighted by atomic mass is 10.0. The summed E-state index contributed by atoms with van der Waals surface area (Å²) in [5.74, 6) is 0.716. The lowest BCUT2D eigenvalue weighted by Crippen LogP contribution is -2.33. The van der Waals surface area contributed by atoms with Crippen LogP contribution >= 0.6 is 0 Å². The van der Waals surface area contributed by atoms with Crippen LogP contribution in [0.5, 0.6) is 0 Å². The number of furan rings is 1. The number of carbonyl (C=O) groups is 1. The molecule has 2 aromatic carbocycles. The van der Waals surface area contributed by atoms with Crippen molar-refractivity contribution in [2.75, 3.05) is 0 Å². The van der Waals surface area contributed by atoms with Crippen molar-refractivity contribution in [3.63, 3.8) is 0 Å². The van der Waals surface area contributed by atoms with Crippen LogP contribution in [0.15, 0.2) is 47.1 Å². The number of nitrogens with zero attached hydrogens (tertiary/aromatic N) is 1. The molecule has 0 N–H and O–H groups in total. The van der Waals surface area contributed by atoms with E-state index in [1.165, 1.54) is 22.3 Å². The smallest absolute Gasteiger partial charge is 0.227 e. The van der Waals surface area contributed by atoms with Crippen molar-refractivity contribution in [2.24, 2.45) is 0 Å². The Hall–Kier alpha value is -2.55. The van der Waals surface area contributed by atoms with Crippen molar-refractivity contribution in [3.8, 4) is 0 Å². The second-order valence-electron chi connectivity index (χ2n) is 8.52. The molecule has 1 saturated carbocycles. The van der Waals surface area contributed by atoms with Crippen LogP contribution in [0.4, 0.5) is 0 Å². The van der Waals surface area contributed by atoms with Crippen LogP contribution in [0.3, 0.4) is 0 Å². The monoisotopic (exact) mass is 375 g/mol. The Morgan fingerprint density at radius 1 is 1.11 bits per heavy atom. The minimum absolute atomic E-state index is 0.191. The Balaban J connectivity index is 1.52. The van der Waals surface area contributed by atoms with Gasteiger partial charge in [0.25, 0.3) is 0 Å². The SMILES string of the molecule is Cc1cc2occ(CC(=O)N(Cc3ccc(C(C)C)cc3)C3CC3)c2cc1C. The number of benzene rings is 2. The van der Waals surface area contributed by atoms with Crippen LogP contribution in [0, 0.1) is 13.8 Å². The first-order valence-corrected chi connectivity index (χ1v) is 10.3. The standard InChI is InChI=1S/C25H29NO2/c1-16(2)20-7-5-19(6-8-20)14-26(22-9-10-22)25(27)13-21-15-28-24-12-18(4)17(3)11-23(21)24/h5-8,11-12,15-16,22H,9-10,13-14H2,1-4H3. The van der Waals surface area contributed by atoms with Crippen LogP contribution in [0.2, 0.25) is 0 Å². The van der Waals surface area contributed by atoms with Crippen molar-refractivity contribution in [1.82, 2.24) is 4.90 Å². The summed E-state index contributed by atoms with van der Waals surface area (Å²) in [6.45, 7) is 9.28. The molecule has 1 amide bonds. The molecule has 0 saturated heterocycles. The van der Waals surface area contributed by atoms with Gasteiger partial charge in [0.1, 0.15) is 5.58 Å². The molecule has 1 aliphatic rings. The number of hydrogen-bond acceptors (Lipinski definition) is 2. The average Bonchev–Trinajstić information content (AvgIpc) is 3.44. The van der Waals surface area contributed by atoms with Crippen molar-refractivity contribution >= 4 is 16.9 Å². The maximum absolute atomic E-state index is 13.2. The molecule has 0 atom stereocenters. The zero-order chi connectivity index (χ0) is 19.8. The summed E-state index contributed by atoms with van der Waals surface area (Å²) in [7, 11) is 0. The predicted octanol–water partition coefficient (Wildman–Crippen LogP) is 5.91. The van der Waals surface area contributed by atoms with Crippen LogP contribution < -0.4 is 0 Å². The lowest BCUT2D eigenvalue weighted by Gasteiger charge is -2.23. The van der Waals surface area contributed by atoms with E-state index in [4.69, 9.17) is 4.42 Å². The van der Waals surface area contributed by atoms with E-state index in [2.05, 4.69) is 69.0 Å². The van der Waals surface area contributed by atoms with E-state index in [1.54, 1.807) is 6.26 Å². The fraction of sp³-hybridized carbons (Fsp3) is 0.400. The zero-order valence-electron chi connectivity index (χ0n) is 17.3. The van der Waals surface area contributed by atoms with E-state index in [0.717, 1.165) is 29.4 Å². The highest BCUT2D eigenvalue weighted by atomic mass is 16.3. The molecule has 1 fully saturated rings. The molecule has 0 aliphatic heterocycles. The van der Waals surface area contributed by atoms with Crippen molar-refractivity contribution in [1.29, 1.82) is 0 Å². The van der Waals surface area contributed by atoms with E-state index in [1.807, 2.05) is 0 Å². The largest absolute Gasteiger partial charge is 0.464 e. The average molecular weight is 376 g/mol. The van der Waals surface area contributed by atoms with E-state index in [-0.39, 0.29) is 5.91 Å². The molecular formula is C25H29NO2. The third-order valence-corrected chi connectivity index (χ3v) is 5.92. The number of rotatable bonds is 6. The summed E-state index contributed by atoms with van der Waals surface area (Å²) in [5.41, 5.74) is 6.84. The van der Waals surface area contributed by atoms with E-state index < -0.39 is 0 Å². The predicted molar refractivity (Wildman–Crippen MR) is 113 cm³/mol. The van der Waals surface area contributed by atoms with Crippen molar-refractivity contribution in [2.45, 2.75) is 65.5 Å². The van der Waals surface area contributed by atoms with Gasteiger partial charge in [-0.25, -0.2) is 0 Å². The zero-order valence-corrected chi connectivity index (χ0v) is 17.3. The van der Waals surface area contributed by atoms with E-state index in [0.29, 0.717) is 24.9 Å². The normalized spacial score (nSPS) is 14.0. The van der Waals surface area contributed by atoms with Gasteiger partial charge in [0.15, 0.2) is 0 Å². The van der Waals surface area contributed by atoms with Gasteiger partial charge in [-0.05, 0) is 67.0 Å². The third kappa shape index (κ3) is 3.84. The second-order valence-corrected chi connectivity index (χ2v) is 8.52. The first-order valence-electron chi connectivity index (χ1n) is 10.3. The molecule has 3 heteroatoms. The Bertz CT molecular complexity index is 993. The summed E-state index contributed by atoms with van der Waals surface area (Å²) >= 11 is 0. The number of carbonyl (C=O) groups excluding carboxylic acids is 1. The topological polar surface area (TPSA) is 33.5 Å². The van der Waals surface area contributed by atoms with Gasteiger partial charge in [-0.3, -0.25) is 4.79 Å². The number of hydrogen-bond donors (Lipinski definition) is 0. The Morgan fingerprint density at radius 3 is 2.43 bits per heavy atom. The molecule has 3 aromatic rings. The van der Waals surface area contributed by atoms with E-state index >= 15 is 0 Å². The molecule has 146 valence electrons. The quantitative estimate of drug-likeness (QED) is 0.537. The fourth-order valence-electron chi connectivity index (χ4n) is 3.75. The Kier molecular flexibility index (Phi) is 5.01. The van der Waals surface area contributed by atoms with Gasteiger partial charge in [0.05, 0.1) is 12.7 Å². The second kappa shape index (κ2) is 7.46. The highest BCUT2D eigenvalue weighted by Crippen LogP contribution is 2.31. The summed E-state index contributed by atoms with van der Waals surface area (Å²) in [6, 6.07) is 13.3. The first-order chi connectivity index (χ1) is 13.4. The molecule has 4 rings (SSSR count). The molecule has 0 spiro atoms. The Morgan fingerprint density at radius 2 is 1.79 bits per heavy atom. The van der Waals surface area contributed by atoms with Crippen LogP contribution in [-0.4, -0.2) is 16.8 Å². The molecular weight excluding hydrogens is 346 g/mol. The van der Waals surface area contributed by atoms with Gasteiger partial charge >= 0.3 is 0 Å². The molecule has 1 aromatic heterocycles. The van der Waals surface area contributed by atoms with Crippen LogP contribution in [0.25, 0.3) is 11.0 Å². The maximum Gasteiger partial charge on any atom is 0.227 e. The molecule has 1 aliphatic carbocycles. The first kappa shape index (κ1) is 18.8. The summed E-state index contributed by atoms with van der Waals surface area (Å²) in [5, 5.41) is 1.06. The molecule has 0 unspecified atom stereocenters. The highest BCUT2D eigenvalue weighted by molar-refractivity contribution is 5.88. The summed E-state index contributed by atoms with van der Waals surface area (Å²) < 4.78 is 5.72. The van der Waals surface area contributed by atoms with Crippen LogP contribution in [-0.2, 0) is 17.8 Å². The number of amides is 1. The molecule has 0 bridgehead atoms. The van der Waals surface area contributed by atoms with Gasteiger partial charge in [-0.1, -0.05) is 38.1 Å². The highest BCUT2D eigenvalue weighted by Gasteiger charge is 2.32. The Labute approximate surface area is 167 Å². The number of fused-ring (bicyclic) bond motifs is 1. The van der Waals surface area contributed by atoms with Gasteiger partial charge in [-0.15, -0.1) is 0 Å². The van der Waals surface area contributed by atoms with Gasteiger partial charge in [-0.2, -0.15) is 0 Å². The van der Waals surface area contributed by atoms with E-state index in [9.17, 15) is 4.79 Å². The molecule has 28 heavy (non-hydrogen) atoms. The molecule has 0 radical (unpaired) electrons. The fourth-order valence-corrected chi connectivity index (χ4v) is 3.75. The molecule has 3 nitrogen and oxygen atoms in total. The van der Waals surface area contributed by atoms with Gasteiger partial charge < -0.3 is 9.32 Å². The number of aryl methyl sites for hydroxylation is 2. The minimum Gasteiger partial charge on any atom is -0.464 e. The van der Waals surface area contributed by atoms with Crippen molar-refractivity contribution < 1.29 is 9.21 Å². The van der Waals surface area contributed by atoms with Gasteiger partial charge in [0.2, 0.25) is 5.91 Å². The maximum atomic E-state index is 13.2. The molecule has 1 heterocycles. The van der Waals surface area contributed by atoms with Crippen molar-refractivity contribution in [3.05, 3.63) is 70.5 Å². The van der Waals surface area contributed by atoms with Crippen LogP contribution in [0.1, 0.15) is 60.4 Å². The van der Waals surface area contributed by atoms with Gasteiger partial charge in [0, 0.05) is 23.5 Å².